The van der Waals surface area contributed by atoms with Crippen molar-refractivity contribution >= 4 is 17.9 Å². The Balaban J connectivity index is 2.26. The lowest BCUT2D eigenvalue weighted by molar-refractivity contribution is -0.149. The highest BCUT2D eigenvalue weighted by Crippen LogP contribution is 2.32. The minimum atomic E-state index is -1.13. The van der Waals surface area contributed by atoms with Crippen molar-refractivity contribution in [1.29, 1.82) is 0 Å². The predicted molar refractivity (Wildman–Crippen MR) is 151 cm³/mol. The first-order valence-electron chi connectivity index (χ1n) is 13.7. The van der Waals surface area contributed by atoms with Crippen molar-refractivity contribution in [3.8, 4) is 11.4 Å². The van der Waals surface area contributed by atoms with Gasteiger partial charge in [-0.1, -0.05) is 77.1 Å². The Morgan fingerprint density at radius 3 is 2.16 bits per heavy atom. The van der Waals surface area contributed by atoms with E-state index in [0.717, 1.165) is 51.4 Å². The van der Waals surface area contributed by atoms with E-state index in [-0.39, 0.29) is 17.7 Å². The molecule has 9 heteroatoms. The number of rotatable bonds is 16. The third-order valence-corrected chi connectivity index (χ3v) is 6.52. The van der Waals surface area contributed by atoms with Crippen molar-refractivity contribution in [2.45, 2.75) is 104 Å². The summed E-state index contributed by atoms with van der Waals surface area (Å²) in [4.78, 5) is 25.3. The number of hydrogen-bond acceptors (Lipinski definition) is 9. The van der Waals surface area contributed by atoms with Crippen LogP contribution >= 0.6 is 0 Å². The van der Waals surface area contributed by atoms with Crippen LogP contribution < -0.4 is 11.5 Å². The number of anilines is 2. The molecule has 0 saturated carbocycles. The lowest BCUT2D eigenvalue weighted by Crippen LogP contribution is -2.32. The van der Waals surface area contributed by atoms with E-state index in [2.05, 4.69) is 35.7 Å². The van der Waals surface area contributed by atoms with Crippen LogP contribution in [0.3, 0.4) is 0 Å². The van der Waals surface area contributed by atoms with Crippen LogP contribution in [0.4, 0.5) is 11.9 Å². The van der Waals surface area contributed by atoms with Gasteiger partial charge in [-0.25, -0.2) is 4.79 Å². The Labute approximate surface area is 227 Å². The quantitative estimate of drug-likeness (QED) is 0.145. The molecule has 0 amide bonds. The Morgan fingerprint density at radius 2 is 1.58 bits per heavy atom. The van der Waals surface area contributed by atoms with Gasteiger partial charge in [-0.05, 0) is 44.7 Å². The fraction of sp³-hybridized carbons (Fsp3) is 0.586. The minimum Gasteiger partial charge on any atom is -0.456 e. The van der Waals surface area contributed by atoms with Crippen molar-refractivity contribution < 1.29 is 19.4 Å². The molecule has 2 aromatic rings. The Hall–Kier alpha value is -3.04. The Kier molecular flexibility index (Phi) is 12.6. The van der Waals surface area contributed by atoms with E-state index in [1.165, 1.54) is 0 Å². The smallest absolute Gasteiger partial charge is 0.333 e. The molecular formula is C29H45N5O4. The number of aliphatic hydroxyl groups is 1. The van der Waals surface area contributed by atoms with Gasteiger partial charge in [-0.3, -0.25) is 0 Å². The lowest BCUT2D eigenvalue weighted by Gasteiger charge is -2.32. The van der Waals surface area contributed by atoms with Gasteiger partial charge in [0.15, 0.2) is 5.82 Å². The summed E-state index contributed by atoms with van der Waals surface area (Å²) >= 11 is 0. The van der Waals surface area contributed by atoms with Crippen LogP contribution in [-0.2, 0) is 14.3 Å². The van der Waals surface area contributed by atoms with E-state index < -0.39 is 23.8 Å². The van der Waals surface area contributed by atoms with Gasteiger partial charge in [0.2, 0.25) is 11.9 Å². The zero-order chi connectivity index (χ0) is 28.1. The number of hydrogen-bond donors (Lipinski definition) is 3. The summed E-state index contributed by atoms with van der Waals surface area (Å²) in [5.41, 5.74) is 12.5. The number of ether oxygens (including phenoxy) is 2. The van der Waals surface area contributed by atoms with E-state index in [4.69, 9.17) is 20.9 Å². The summed E-state index contributed by atoms with van der Waals surface area (Å²) in [7, 11) is 0. The Morgan fingerprint density at radius 1 is 1.00 bits per heavy atom. The summed E-state index contributed by atoms with van der Waals surface area (Å²) in [6.07, 6.45) is 7.79. The average Bonchev–Trinajstić information content (AvgIpc) is 2.89. The number of carbonyl (C=O) groups excluding carboxylic acids is 1. The molecule has 0 radical (unpaired) electrons. The highest BCUT2D eigenvalue weighted by Gasteiger charge is 2.30. The molecule has 1 aromatic heterocycles. The van der Waals surface area contributed by atoms with Gasteiger partial charge in [-0.2, -0.15) is 15.0 Å². The molecule has 38 heavy (non-hydrogen) atoms. The largest absolute Gasteiger partial charge is 0.456 e. The van der Waals surface area contributed by atoms with E-state index >= 15 is 0 Å². The van der Waals surface area contributed by atoms with Crippen LogP contribution in [0.25, 0.3) is 11.4 Å². The maximum atomic E-state index is 13.2. The lowest BCUT2D eigenvalue weighted by atomic mass is 9.88. The number of nitrogens with zero attached hydrogens (tertiary/aromatic N) is 3. The highest BCUT2D eigenvalue weighted by atomic mass is 16.6. The monoisotopic (exact) mass is 527 g/mol. The second kappa shape index (κ2) is 15.4. The summed E-state index contributed by atoms with van der Waals surface area (Å²) in [6.45, 7) is 10.5. The fourth-order valence-electron chi connectivity index (χ4n) is 4.35. The first-order valence-corrected chi connectivity index (χ1v) is 13.7. The first-order chi connectivity index (χ1) is 18.2. The number of unbranched alkanes of at least 4 members (excludes halogenated alkanes) is 3. The summed E-state index contributed by atoms with van der Waals surface area (Å²) in [6, 6.07) is 7.04. The predicted octanol–water partition coefficient (Wildman–Crippen LogP) is 5.55. The number of carbonyl (C=O) groups is 1. The first kappa shape index (κ1) is 31.2. The number of benzene rings is 1. The molecule has 5 N–H and O–H groups in total. The molecule has 2 atom stereocenters. The van der Waals surface area contributed by atoms with Crippen molar-refractivity contribution in [3.05, 3.63) is 41.5 Å². The summed E-state index contributed by atoms with van der Waals surface area (Å²) in [5, 5.41) is 11.2. The molecule has 1 aromatic carbocycles. The third-order valence-electron chi connectivity index (χ3n) is 6.52. The molecule has 210 valence electrons. The molecule has 2 unspecified atom stereocenters. The molecule has 2 rings (SSSR count). The zero-order valence-electron chi connectivity index (χ0n) is 23.6. The van der Waals surface area contributed by atoms with Crippen molar-refractivity contribution in [2.24, 2.45) is 0 Å². The summed E-state index contributed by atoms with van der Waals surface area (Å²) < 4.78 is 12.2. The molecule has 9 nitrogen and oxygen atoms in total. The molecule has 0 aliphatic carbocycles. The van der Waals surface area contributed by atoms with Gasteiger partial charge in [0, 0.05) is 17.7 Å². The zero-order valence-corrected chi connectivity index (χ0v) is 23.6. The van der Waals surface area contributed by atoms with Crippen LogP contribution in [0, 0.1) is 0 Å². The molecule has 0 bridgehead atoms. The topological polar surface area (TPSA) is 146 Å². The van der Waals surface area contributed by atoms with E-state index in [9.17, 15) is 9.90 Å². The number of nitrogens with two attached hydrogens (primary N) is 2. The van der Waals surface area contributed by atoms with Gasteiger partial charge in [0.25, 0.3) is 0 Å². The van der Waals surface area contributed by atoms with E-state index in [0.29, 0.717) is 23.3 Å². The maximum absolute atomic E-state index is 13.2. The standard InChI is InChI=1S/C29H45N5O4/c1-6-9-16-29(17-10-7-2,37-18-11-8-3)19-20(4)26(36)38-21(5)24(35)22-14-12-13-15-23(22)25-32-27(30)34-28(31)33-25/h12-15,19,21,24,35H,6-11,16-18H2,1-5H3,(H4,30,31,32,33,34)/b20-19+. The van der Waals surface area contributed by atoms with Crippen molar-refractivity contribution in [1.82, 2.24) is 15.0 Å². The molecule has 0 aliphatic rings. The van der Waals surface area contributed by atoms with Gasteiger partial charge in [-0.15, -0.1) is 0 Å². The molecular weight excluding hydrogens is 482 g/mol. The Bertz CT molecular complexity index is 1030. The maximum Gasteiger partial charge on any atom is 0.333 e. The number of esters is 1. The third kappa shape index (κ3) is 9.06. The normalized spacial score (nSPS) is 13.8. The van der Waals surface area contributed by atoms with Crippen LogP contribution in [0.5, 0.6) is 0 Å². The number of aromatic nitrogens is 3. The molecule has 0 aliphatic heterocycles. The second-order valence-electron chi connectivity index (χ2n) is 9.82. The second-order valence-corrected chi connectivity index (χ2v) is 9.82. The minimum absolute atomic E-state index is 0.0205. The van der Waals surface area contributed by atoms with Gasteiger partial charge in [0.05, 0.1) is 5.60 Å². The molecule has 1 heterocycles. The van der Waals surface area contributed by atoms with Crippen LogP contribution in [0.15, 0.2) is 35.9 Å². The van der Waals surface area contributed by atoms with Crippen molar-refractivity contribution in [3.63, 3.8) is 0 Å². The van der Waals surface area contributed by atoms with E-state index in [1.807, 2.05) is 6.08 Å². The van der Waals surface area contributed by atoms with Gasteiger partial charge < -0.3 is 26.0 Å². The van der Waals surface area contributed by atoms with Gasteiger partial charge in [0.1, 0.15) is 12.2 Å². The number of nitrogen functional groups attached to an aromatic ring is 2. The van der Waals surface area contributed by atoms with Crippen molar-refractivity contribution in [2.75, 3.05) is 18.1 Å². The fourth-order valence-corrected chi connectivity index (χ4v) is 4.35. The molecule has 0 saturated heterocycles. The average molecular weight is 528 g/mol. The molecule has 0 spiro atoms. The summed E-state index contributed by atoms with van der Waals surface area (Å²) in [5.74, 6) is -0.292. The van der Waals surface area contributed by atoms with Crippen LogP contribution in [0.1, 0.15) is 97.7 Å². The van der Waals surface area contributed by atoms with E-state index in [1.54, 1.807) is 38.1 Å². The highest BCUT2D eigenvalue weighted by molar-refractivity contribution is 5.88. The van der Waals surface area contributed by atoms with Gasteiger partial charge >= 0.3 is 5.97 Å². The molecule has 0 fully saturated rings. The van der Waals surface area contributed by atoms with Crippen LogP contribution in [-0.4, -0.2) is 44.3 Å². The number of aliphatic hydroxyl groups excluding tert-OH is 1. The SMILES string of the molecule is CCCCOC(/C=C(\C)C(=O)OC(C)C(O)c1ccccc1-c1nc(N)nc(N)n1)(CCCC)CCCC. The van der Waals surface area contributed by atoms with Crippen LogP contribution in [0.2, 0.25) is 0 Å².